The summed E-state index contributed by atoms with van der Waals surface area (Å²) >= 11 is 9.26. The Bertz CT molecular complexity index is 511. The van der Waals surface area contributed by atoms with Crippen molar-refractivity contribution < 1.29 is 4.39 Å². The van der Waals surface area contributed by atoms with Crippen molar-refractivity contribution in [2.75, 3.05) is 11.9 Å². The van der Waals surface area contributed by atoms with Gasteiger partial charge in [0.25, 0.3) is 0 Å². The lowest BCUT2D eigenvalue weighted by Gasteiger charge is -2.10. The van der Waals surface area contributed by atoms with Crippen LogP contribution in [0.5, 0.6) is 0 Å². The summed E-state index contributed by atoms with van der Waals surface area (Å²) < 4.78 is 13.7. The van der Waals surface area contributed by atoms with Gasteiger partial charge < -0.3 is 5.32 Å². The lowest BCUT2D eigenvalue weighted by Crippen LogP contribution is -2.06. The average molecular weight is 330 g/mol. The SMILES string of the molecule is Fc1cc(Cl)c(NCCc2ccncc2)c(Br)c1. The first-order valence-electron chi connectivity index (χ1n) is 5.44. The molecule has 0 saturated heterocycles. The van der Waals surface area contributed by atoms with E-state index in [0.29, 0.717) is 21.7 Å². The highest BCUT2D eigenvalue weighted by Gasteiger charge is 2.07. The summed E-state index contributed by atoms with van der Waals surface area (Å²) in [5, 5.41) is 3.56. The Balaban J connectivity index is 1.99. The number of benzene rings is 1. The molecule has 0 saturated carbocycles. The first kappa shape index (κ1) is 13.3. The lowest BCUT2D eigenvalue weighted by molar-refractivity contribution is 0.627. The lowest BCUT2D eigenvalue weighted by atomic mass is 10.2. The second-order valence-corrected chi connectivity index (χ2v) is 5.04. The normalized spacial score (nSPS) is 10.4. The fourth-order valence-electron chi connectivity index (χ4n) is 1.59. The number of nitrogens with zero attached hydrogens (tertiary/aromatic N) is 1. The van der Waals surface area contributed by atoms with E-state index in [1.165, 1.54) is 17.7 Å². The Morgan fingerprint density at radius 1 is 1.28 bits per heavy atom. The number of nitrogens with one attached hydrogen (secondary N) is 1. The van der Waals surface area contributed by atoms with Crippen LogP contribution in [-0.4, -0.2) is 11.5 Å². The zero-order valence-electron chi connectivity index (χ0n) is 9.46. The van der Waals surface area contributed by atoms with Gasteiger partial charge in [-0.15, -0.1) is 0 Å². The molecular weight excluding hydrogens is 319 g/mol. The van der Waals surface area contributed by atoms with Gasteiger partial charge in [0.15, 0.2) is 0 Å². The number of hydrogen-bond acceptors (Lipinski definition) is 2. The standard InChI is InChI=1S/C13H11BrClFN2/c14-11-7-10(16)8-12(15)13(11)18-6-3-9-1-4-17-5-2-9/h1-2,4-5,7-8,18H,3,6H2. The van der Waals surface area contributed by atoms with Crippen LogP contribution < -0.4 is 5.32 Å². The molecule has 0 aliphatic rings. The molecule has 0 radical (unpaired) electrons. The molecule has 2 rings (SSSR count). The molecule has 1 heterocycles. The van der Waals surface area contributed by atoms with Crippen LogP contribution >= 0.6 is 27.5 Å². The molecule has 1 aromatic carbocycles. The predicted molar refractivity (Wildman–Crippen MR) is 75.5 cm³/mol. The van der Waals surface area contributed by atoms with Crippen LogP contribution in [0.15, 0.2) is 41.1 Å². The molecule has 0 bridgehead atoms. The van der Waals surface area contributed by atoms with Crippen LogP contribution in [0.25, 0.3) is 0 Å². The zero-order valence-corrected chi connectivity index (χ0v) is 11.8. The molecule has 1 aromatic heterocycles. The van der Waals surface area contributed by atoms with Crippen LogP contribution in [0, 0.1) is 5.82 Å². The molecule has 0 aliphatic heterocycles. The summed E-state index contributed by atoms with van der Waals surface area (Å²) in [4.78, 5) is 3.96. The molecule has 2 nitrogen and oxygen atoms in total. The molecule has 0 spiro atoms. The minimum atomic E-state index is -0.355. The number of anilines is 1. The van der Waals surface area contributed by atoms with Gasteiger partial charge >= 0.3 is 0 Å². The van der Waals surface area contributed by atoms with Crippen molar-refractivity contribution in [3.8, 4) is 0 Å². The van der Waals surface area contributed by atoms with E-state index < -0.39 is 0 Å². The Morgan fingerprint density at radius 2 is 2.00 bits per heavy atom. The summed E-state index contributed by atoms with van der Waals surface area (Å²) in [5.41, 5.74) is 1.90. The Kier molecular flexibility index (Phi) is 4.55. The van der Waals surface area contributed by atoms with E-state index in [2.05, 4.69) is 26.2 Å². The van der Waals surface area contributed by atoms with E-state index >= 15 is 0 Å². The Labute approximate surface area is 118 Å². The third kappa shape index (κ3) is 3.43. The number of hydrogen-bond donors (Lipinski definition) is 1. The Morgan fingerprint density at radius 3 is 2.67 bits per heavy atom. The van der Waals surface area contributed by atoms with Gasteiger partial charge in [0.1, 0.15) is 5.82 Å². The van der Waals surface area contributed by atoms with E-state index in [9.17, 15) is 4.39 Å². The number of rotatable bonds is 4. The van der Waals surface area contributed by atoms with Crippen molar-refractivity contribution in [1.29, 1.82) is 0 Å². The van der Waals surface area contributed by atoms with E-state index in [1.807, 2.05) is 12.1 Å². The summed E-state index contributed by atoms with van der Waals surface area (Å²) in [6, 6.07) is 6.60. The first-order chi connectivity index (χ1) is 8.66. The largest absolute Gasteiger partial charge is 0.383 e. The molecule has 5 heteroatoms. The number of pyridine rings is 1. The second kappa shape index (κ2) is 6.16. The highest BCUT2D eigenvalue weighted by atomic mass is 79.9. The van der Waals surface area contributed by atoms with E-state index in [-0.39, 0.29) is 5.82 Å². The van der Waals surface area contributed by atoms with E-state index in [4.69, 9.17) is 11.6 Å². The van der Waals surface area contributed by atoms with E-state index in [0.717, 1.165) is 6.42 Å². The monoisotopic (exact) mass is 328 g/mol. The van der Waals surface area contributed by atoms with Crippen molar-refractivity contribution in [3.63, 3.8) is 0 Å². The number of aromatic nitrogens is 1. The molecule has 0 unspecified atom stereocenters. The molecule has 0 aliphatic carbocycles. The molecule has 2 aromatic rings. The minimum Gasteiger partial charge on any atom is -0.383 e. The molecule has 18 heavy (non-hydrogen) atoms. The third-order valence-corrected chi connectivity index (χ3v) is 3.40. The highest BCUT2D eigenvalue weighted by Crippen LogP contribution is 2.31. The second-order valence-electron chi connectivity index (χ2n) is 3.78. The Hall–Kier alpha value is -1.13. The summed E-state index contributed by atoms with van der Waals surface area (Å²) in [7, 11) is 0. The van der Waals surface area contributed by atoms with Crippen molar-refractivity contribution in [1.82, 2.24) is 4.98 Å². The van der Waals surface area contributed by atoms with Crippen LogP contribution in [0.2, 0.25) is 5.02 Å². The van der Waals surface area contributed by atoms with Crippen LogP contribution in [-0.2, 0) is 6.42 Å². The van der Waals surface area contributed by atoms with Gasteiger partial charge in [0.2, 0.25) is 0 Å². The quantitative estimate of drug-likeness (QED) is 0.905. The zero-order chi connectivity index (χ0) is 13.0. The van der Waals surface area contributed by atoms with Crippen molar-refractivity contribution in [2.45, 2.75) is 6.42 Å². The van der Waals surface area contributed by atoms with Crippen LogP contribution in [0.1, 0.15) is 5.56 Å². The molecule has 94 valence electrons. The topological polar surface area (TPSA) is 24.9 Å². The fourth-order valence-corrected chi connectivity index (χ4v) is 2.55. The molecule has 1 N–H and O–H groups in total. The van der Waals surface area contributed by atoms with Crippen molar-refractivity contribution in [2.24, 2.45) is 0 Å². The molecular formula is C13H11BrClFN2. The number of halogens is 3. The van der Waals surface area contributed by atoms with Gasteiger partial charge in [-0.2, -0.15) is 0 Å². The van der Waals surface area contributed by atoms with Crippen LogP contribution in [0.3, 0.4) is 0 Å². The maximum absolute atomic E-state index is 13.0. The summed E-state index contributed by atoms with van der Waals surface area (Å²) in [6.07, 6.45) is 4.37. The van der Waals surface area contributed by atoms with Gasteiger partial charge in [-0.05, 0) is 52.2 Å². The maximum atomic E-state index is 13.0. The van der Waals surface area contributed by atoms with Crippen molar-refractivity contribution in [3.05, 3.63) is 57.5 Å². The maximum Gasteiger partial charge on any atom is 0.125 e. The fraction of sp³-hybridized carbons (Fsp3) is 0.154. The first-order valence-corrected chi connectivity index (χ1v) is 6.61. The average Bonchev–Trinajstić information content (AvgIpc) is 2.34. The van der Waals surface area contributed by atoms with Crippen molar-refractivity contribution >= 4 is 33.2 Å². The van der Waals surface area contributed by atoms with Crippen LogP contribution in [0.4, 0.5) is 10.1 Å². The minimum absolute atomic E-state index is 0.355. The van der Waals surface area contributed by atoms with Gasteiger partial charge in [-0.3, -0.25) is 4.98 Å². The van der Waals surface area contributed by atoms with Gasteiger partial charge in [0.05, 0.1) is 10.7 Å². The highest BCUT2D eigenvalue weighted by molar-refractivity contribution is 9.10. The van der Waals surface area contributed by atoms with Gasteiger partial charge in [0, 0.05) is 23.4 Å². The summed E-state index contributed by atoms with van der Waals surface area (Å²) in [6.45, 7) is 0.716. The summed E-state index contributed by atoms with van der Waals surface area (Å²) in [5.74, 6) is -0.355. The molecule has 0 atom stereocenters. The van der Waals surface area contributed by atoms with Gasteiger partial charge in [-0.1, -0.05) is 11.6 Å². The van der Waals surface area contributed by atoms with Gasteiger partial charge in [-0.25, -0.2) is 4.39 Å². The molecule has 0 amide bonds. The smallest absolute Gasteiger partial charge is 0.125 e. The van der Waals surface area contributed by atoms with E-state index in [1.54, 1.807) is 12.4 Å². The molecule has 0 fully saturated rings. The predicted octanol–water partition coefficient (Wildman–Crippen LogP) is 4.29. The third-order valence-electron chi connectivity index (χ3n) is 2.47.